The summed E-state index contributed by atoms with van der Waals surface area (Å²) in [5.74, 6) is 0.793. The van der Waals surface area contributed by atoms with Crippen LogP contribution in [0.3, 0.4) is 0 Å². The second-order valence-corrected chi connectivity index (χ2v) is 9.18. The van der Waals surface area contributed by atoms with Gasteiger partial charge in [0.1, 0.15) is 5.60 Å². The van der Waals surface area contributed by atoms with Gasteiger partial charge in [0.05, 0.1) is 6.04 Å². The van der Waals surface area contributed by atoms with Crippen molar-refractivity contribution in [2.24, 2.45) is 4.99 Å². The maximum atomic E-state index is 12.6. The Labute approximate surface area is 213 Å². The van der Waals surface area contributed by atoms with Crippen LogP contribution in [0.25, 0.3) is 0 Å². The quantitative estimate of drug-likeness (QED) is 0.320. The molecule has 2 aliphatic rings. The molecule has 10 heteroatoms. The van der Waals surface area contributed by atoms with Gasteiger partial charge >= 0.3 is 6.09 Å². The number of para-hydroxylation sites is 1. The molecule has 2 heterocycles. The Morgan fingerprint density at radius 3 is 2.27 bits per heavy atom. The minimum absolute atomic E-state index is 0. The van der Waals surface area contributed by atoms with Crippen LogP contribution in [0.1, 0.15) is 27.2 Å². The average molecular weight is 572 g/mol. The molecule has 0 aliphatic carbocycles. The molecule has 0 atom stereocenters. The number of rotatable bonds is 5. The SMILES string of the molecule is CN=C(NCCC(=O)N1CCN(c2ccccc2)CC1)NC1CN(C(=O)OC(C)(C)C)C1.I. The molecule has 2 amide bonds. The van der Waals surface area contributed by atoms with Crippen molar-refractivity contribution in [2.45, 2.75) is 38.8 Å². The number of amides is 2. The standard InChI is InChI=1S/C23H36N6O3.HI/c1-23(2,3)32-22(31)29-16-18(17-29)26-21(24-4)25-11-10-20(30)28-14-12-27(13-15-28)19-8-6-5-7-9-19;/h5-9,18H,10-17H2,1-4H3,(H2,24,25,26);1H. The molecule has 1 aromatic rings. The summed E-state index contributed by atoms with van der Waals surface area (Å²) in [6.07, 6.45) is 0.122. The summed E-state index contributed by atoms with van der Waals surface area (Å²) in [7, 11) is 1.70. The zero-order chi connectivity index (χ0) is 23.1. The van der Waals surface area contributed by atoms with E-state index in [1.807, 2.05) is 43.9 Å². The molecule has 1 aromatic carbocycles. The molecule has 2 saturated heterocycles. The first-order chi connectivity index (χ1) is 15.2. The summed E-state index contributed by atoms with van der Waals surface area (Å²) in [6, 6.07) is 10.4. The summed E-state index contributed by atoms with van der Waals surface area (Å²) in [5.41, 5.74) is 0.714. The first-order valence-corrected chi connectivity index (χ1v) is 11.3. The predicted octanol–water partition coefficient (Wildman–Crippen LogP) is 2.13. The van der Waals surface area contributed by atoms with Gasteiger partial charge in [0.25, 0.3) is 0 Å². The minimum atomic E-state index is -0.492. The van der Waals surface area contributed by atoms with E-state index in [1.165, 1.54) is 5.69 Å². The molecular formula is C23H37IN6O3. The molecular weight excluding hydrogens is 535 g/mol. The number of halogens is 1. The fourth-order valence-corrected chi connectivity index (χ4v) is 3.73. The van der Waals surface area contributed by atoms with Crippen LogP contribution < -0.4 is 15.5 Å². The lowest BCUT2D eigenvalue weighted by molar-refractivity contribution is -0.131. The zero-order valence-electron chi connectivity index (χ0n) is 20.0. The number of piperazine rings is 1. The Morgan fingerprint density at radius 2 is 1.70 bits per heavy atom. The summed E-state index contributed by atoms with van der Waals surface area (Å²) >= 11 is 0. The predicted molar refractivity (Wildman–Crippen MR) is 141 cm³/mol. The lowest BCUT2D eigenvalue weighted by Crippen LogP contribution is -2.63. The summed E-state index contributed by atoms with van der Waals surface area (Å²) in [5, 5.41) is 6.49. The third-order valence-corrected chi connectivity index (χ3v) is 5.48. The van der Waals surface area contributed by atoms with Crippen molar-refractivity contribution >= 4 is 47.6 Å². The van der Waals surface area contributed by atoms with Gasteiger partial charge in [-0.15, -0.1) is 24.0 Å². The van der Waals surface area contributed by atoms with Crippen molar-refractivity contribution in [3.05, 3.63) is 30.3 Å². The maximum Gasteiger partial charge on any atom is 0.410 e. The number of nitrogens with zero attached hydrogens (tertiary/aromatic N) is 4. The number of guanidine groups is 1. The minimum Gasteiger partial charge on any atom is -0.444 e. The number of ether oxygens (including phenoxy) is 1. The van der Waals surface area contributed by atoms with Crippen LogP contribution in [0.4, 0.5) is 10.5 Å². The molecule has 0 unspecified atom stereocenters. The number of carbonyl (C=O) groups excluding carboxylic acids is 2. The van der Waals surface area contributed by atoms with Crippen LogP contribution in [0.2, 0.25) is 0 Å². The van der Waals surface area contributed by atoms with Crippen LogP contribution in [0.5, 0.6) is 0 Å². The van der Waals surface area contributed by atoms with E-state index in [4.69, 9.17) is 4.74 Å². The van der Waals surface area contributed by atoms with Gasteiger partial charge < -0.3 is 30.1 Å². The van der Waals surface area contributed by atoms with Crippen molar-refractivity contribution in [3.63, 3.8) is 0 Å². The van der Waals surface area contributed by atoms with Crippen molar-refractivity contribution in [1.29, 1.82) is 0 Å². The fourth-order valence-electron chi connectivity index (χ4n) is 3.73. The molecule has 0 spiro atoms. The van der Waals surface area contributed by atoms with Crippen molar-refractivity contribution in [2.75, 3.05) is 57.8 Å². The number of aliphatic imine (C=N–C) groups is 1. The molecule has 0 bridgehead atoms. The third kappa shape index (κ3) is 8.24. The third-order valence-electron chi connectivity index (χ3n) is 5.48. The highest BCUT2D eigenvalue weighted by Crippen LogP contribution is 2.16. The van der Waals surface area contributed by atoms with E-state index in [0.29, 0.717) is 32.0 Å². The Bertz CT molecular complexity index is 800. The largest absolute Gasteiger partial charge is 0.444 e. The van der Waals surface area contributed by atoms with E-state index in [2.05, 4.69) is 32.7 Å². The number of carbonyl (C=O) groups is 2. The fraction of sp³-hybridized carbons (Fsp3) is 0.609. The summed E-state index contributed by atoms with van der Waals surface area (Å²) in [6.45, 7) is 10.4. The van der Waals surface area contributed by atoms with Gasteiger partial charge in [0.15, 0.2) is 5.96 Å². The number of benzene rings is 1. The van der Waals surface area contributed by atoms with Crippen LogP contribution in [-0.2, 0) is 9.53 Å². The highest BCUT2D eigenvalue weighted by molar-refractivity contribution is 14.0. The lowest BCUT2D eigenvalue weighted by atomic mass is 10.1. The second kappa shape index (κ2) is 12.3. The molecule has 184 valence electrons. The van der Waals surface area contributed by atoms with Gasteiger partial charge in [0.2, 0.25) is 5.91 Å². The summed E-state index contributed by atoms with van der Waals surface area (Å²) < 4.78 is 5.37. The molecule has 0 saturated carbocycles. The first kappa shape index (κ1) is 27.0. The molecule has 3 rings (SSSR count). The Hall–Kier alpha value is -2.24. The number of likely N-dealkylation sites (tertiary alicyclic amines) is 1. The molecule has 2 aliphatic heterocycles. The van der Waals surface area contributed by atoms with Crippen molar-refractivity contribution in [3.8, 4) is 0 Å². The average Bonchev–Trinajstić information content (AvgIpc) is 2.74. The monoisotopic (exact) mass is 572 g/mol. The first-order valence-electron chi connectivity index (χ1n) is 11.3. The van der Waals surface area contributed by atoms with Gasteiger partial charge in [-0.2, -0.15) is 0 Å². The van der Waals surface area contributed by atoms with Gasteiger partial charge in [-0.3, -0.25) is 9.79 Å². The molecule has 0 radical (unpaired) electrons. The molecule has 2 N–H and O–H groups in total. The Balaban J connectivity index is 0.00000385. The summed E-state index contributed by atoms with van der Waals surface area (Å²) in [4.78, 5) is 34.7. The number of nitrogens with one attached hydrogen (secondary N) is 2. The van der Waals surface area contributed by atoms with E-state index in [1.54, 1.807) is 11.9 Å². The van der Waals surface area contributed by atoms with E-state index >= 15 is 0 Å². The highest BCUT2D eigenvalue weighted by Gasteiger charge is 2.34. The van der Waals surface area contributed by atoms with E-state index in [0.717, 1.165) is 26.2 Å². The smallest absolute Gasteiger partial charge is 0.410 e. The van der Waals surface area contributed by atoms with Gasteiger partial charge in [-0.25, -0.2) is 4.79 Å². The molecule has 2 fully saturated rings. The second-order valence-electron chi connectivity index (χ2n) is 9.18. The maximum absolute atomic E-state index is 12.6. The van der Waals surface area contributed by atoms with Crippen LogP contribution >= 0.6 is 24.0 Å². The highest BCUT2D eigenvalue weighted by atomic mass is 127. The zero-order valence-corrected chi connectivity index (χ0v) is 22.4. The van der Waals surface area contributed by atoms with E-state index in [-0.39, 0.29) is 42.0 Å². The number of anilines is 1. The van der Waals surface area contributed by atoms with Gasteiger partial charge in [0, 0.05) is 65.0 Å². The normalized spacial score (nSPS) is 17.1. The Kier molecular flexibility index (Phi) is 10.1. The van der Waals surface area contributed by atoms with Crippen LogP contribution in [-0.4, -0.2) is 92.3 Å². The lowest BCUT2D eigenvalue weighted by Gasteiger charge is -2.40. The van der Waals surface area contributed by atoms with Crippen molar-refractivity contribution in [1.82, 2.24) is 20.4 Å². The number of hydrogen-bond acceptors (Lipinski definition) is 5. The number of hydrogen-bond donors (Lipinski definition) is 2. The Morgan fingerprint density at radius 1 is 1.06 bits per heavy atom. The van der Waals surface area contributed by atoms with Gasteiger partial charge in [-0.05, 0) is 32.9 Å². The molecule has 9 nitrogen and oxygen atoms in total. The van der Waals surface area contributed by atoms with Crippen LogP contribution in [0.15, 0.2) is 35.3 Å². The molecule has 0 aromatic heterocycles. The topological polar surface area (TPSA) is 89.5 Å². The molecule has 33 heavy (non-hydrogen) atoms. The van der Waals surface area contributed by atoms with E-state index in [9.17, 15) is 9.59 Å². The van der Waals surface area contributed by atoms with Gasteiger partial charge in [-0.1, -0.05) is 18.2 Å². The van der Waals surface area contributed by atoms with E-state index < -0.39 is 5.60 Å². The van der Waals surface area contributed by atoms with Crippen LogP contribution in [0, 0.1) is 0 Å². The van der Waals surface area contributed by atoms with Crippen molar-refractivity contribution < 1.29 is 14.3 Å².